The van der Waals surface area contributed by atoms with E-state index in [0.717, 1.165) is 24.4 Å². The maximum atomic E-state index is 13.0. The molecule has 3 N–H and O–H groups in total. The number of nitrogens with one attached hydrogen (secondary N) is 2. The summed E-state index contributed by atoms with van der Waals surface area (Å²) in [6, 6.07) is 13.5. The number of nitrogens with zero attached hydrogens (tertiary/aromatic N) is 2. The molecule has 32 heavy (non-hydrogen) atoms. The summed E-state index contributed by atoms with van der Waals surface area (Å²) in [6.45, 7) is 0. The zero-order chi connectivity index (χ0) is 23.3. The Kier molecular flexibility index (Phi) is 6.90. The van der Waals surface area contributed by atoms with Crippen molar-refractivity contribution in [2.75, 3.05) is 5.32 Å². The lowest BCUT2D eigenvalue weighted by Crippen LogP contribution is -2.18. The maximum Gasteiger partial charge on any atom is 0.312 e. The number of nitro groups is 1. The molecule has 3 aromatic rings. The van der Waals surface area contributed by atoms with Crippen LogP contribution in [0.1, 0.15) is 26.3 Å². The number of halogens is 2. The van der Waals surface area contributed by atoms with Gasteiger partial charge in [-0.1, -0.05) is 22.0 Å². The van der Waals surface area contributed by atoms with Crippen LogP contribution in [0.15, 0.2) is 70.2 Å². The average molecular weight is 501 g/mol. The number of phenols is 1. The van der Waals surface area contributed by atoms with E-state index in [4.69, 9.17) is 0 Å². The molecule has 0 saturated heterocycles. The fourth-order valence-corrected chi connectivity index (χ4v) is 3.07. The van der Waals surface area contributed by atoms with Crippen molar-refractivity contribution >= 4 is 45.3 Å². The van der Waals surface area contributed by atoms with E-state index in [1.807, 2.05) is 0 Å². The molecular weight excluding hydrogens is 487 g/mol. The maximum absolute atomic E-state index is 13.0. The van der Waals surface area contributed by atoms with Gasteiger partial charge in [-0.05, 0) is 48.5 Å². The minimum Gasteiger partial charge on any atom is -0.502 e. The third-order valence-corrected chi connectivity index (χ3v) is 4.60. The first kappa shape index (κ1) is 22.6. The largest absolute Gasteiger partial charge is 0.502 e. The molecule has 11 heteroatoms. The van der Waals surface area contributed by atoms with E-state index in [-0.39, 0.29) is 16.7 Å². The fraction of sp³-hybridized carbons (Fsp3) is 0. The Bertz CT molecular complexity index is 1230. The van der Waals surface area contributed by atoms with Crippen LogP contribution >= 0.6 is 15.9 Å². The number of rotatable bonds is 6. The van der Waals surface area contributed by atoms with E-state index in [0.29, 0.717) is 10.2 Å². The first-order valence-corrected chi connectivity index (χ1v) is 9.71. The molecule has 0 spiro atoms. The van der Waals surface area contributed by atoms with Gasteiger partial charge in [0, 0.05) is 32.9 Å². The van der Waals surface area contributed by atoms with Crippen molar-refractivity contribution in [1.29, 1.82) is 0 Å². The van der Waals surface area contributed by atoms with Crippen molar-refractivity contribution in [1.82, 2.24) is 5.43 Å². The standard InChI is InChI=1S/C21H14BrFN4O5/c22-15-8-14(19(28)18(10-15)27(31)32)11-24-26-21(30)13-2-1-3-17(9-13)25-20(29)12-4-6-16(23)7-5-12/h1-11,28H,(H,25,29)(H,26,30). The van der Waals surface area contributed by atoms with Gasteiger partial charge in [0.1, 0.15) is 5.82 Å². The Hall–Kier alpha value is -4.12. The number of phenolic OH excluding ortho intramolecular Hbond substituents is 1. The Morgan fingerprint density at radius 1 is 1.06 bits per heavy atom. The minimum atomic E-state index is -0.748. The molecule has 0 saturated carbocycles. The number of aromatic hydroxyl groups is 1. The van der Waals surface area contributed by atoms with Gasteiger partial charge in [0.2, 0.25) is 5.75 Å². The highest BCUT2D eigenvalue weighted by molar-refractivity contribution is 9.10. The summed E-state index contributed by atoms with van der Waals surface area (Å²) in [7, 11) is 0. The number of carbonyl (C=O) groups is 2. The van der Waals surface area contributed by atoms with Gasteiger partial charge in [-0.3, -0.25) is 19.7 Å². The second-order valence-corrected chi connectivity index (χ2v) is 7.28. The third-order valence-electron chi connectivity index (χ3n) is 4.14. The molecule has 0 bridgehead atoms. The second kappa shape index (κ2) is 9.79. The lowest BCUT2D eigenvalue weighted by atomic mass is 10.1. The molecule has 0 aliphatic rings. The molecule has 0 heterocycles. The summed E-state index contributed by atoms with van der Waals surface area (Å²) >= 11 is 3.10. The van der Waals surface area contributed by atoms with Crippen LogP contribution in [0.2, 0.25) is 0 Å². The molecule has 2 amide bonds. The first-order chi connectivity index (χ1) is 15.2. The molecule has 3 aromatic carbocycles. The Morgan fingerprint density at radius 2 is 1.78 bits per heavy atom. The average Bonchev–Trinajstić information content (AvgIpc) is 2.76. The Morgan fingerprint density at radius 3 is 2.47 bits per heavy atom. The number of hydrazone groups is 1. The van der Waals surface area contributed by atoms with Gasteiger partial charge in [-0.15, -0.1) is 0 Å². The molecule has 162 valence electrons. The predicted octanol–water partition coefficient (Wildman–Crippen LogP) is 4.22. The zero-order valence-corrected chi connectivity index (χ0v) is 17.7. The number of anilines is 1. The zero-order valence-electron chi connectivity index (χ0n) is 16.1. The van der Waals surface area contributed by atoms with Crippen LogP contribution in [0.4, 0.5) is 15.8 Å². The van der Waals surface area contributed by atoms with E-state index in [2.05, 4.69) is 31.8 Å². The van der Waals surface area contributed by atoms with E-state index in [9.17, 15) is 29.2 Å². The van der Waals surface area contributed by atoms with Gasteiger partial charge in [0.05, 0.1) is 11.1 Å². The molecule has 0 aromatic heterocycles. The van der Waals surface area contributed by atoms with Crippen molar-refractivity contribution in [3.8, 4) is 5.75 Å². The number of nitro benzene ring substituents is 1. The summed E-state index contributed by atoms with van der Waals surface area (Å²) in [5.41, 5.74) is 2.49. The number of carbonyl (C=O) groups excluding carboxylic acids is 2. The minimum absolute atomic E-state index is 0.0201. The van der Waals surface area contributed by atoms with Gasteiger partial charge in [0.15, 0.2) is 0 Å². The summed E-state index contributed by atoms with van der Waals surface area (Å²) in [6.07, 6.45) is 1.06. The number of benzene rings is 3. The summed E-state index contributed by atoms with van der Waals surface area (Å²) in [5.74, 6) is -2.16. The van der Waals surface area contributed by atoms with Crippen LogP contribution in [-0.4, -0.2) is 28.1 Å². The molecule has 0 unspecified atom stereocenters. The van der Waals surface area contributed by atoms with Crippen LogP contribution in [0.3, 0.4) is 0 Å². The van der Waals surface area contributed by atoms with Gasteiger partial charge in [-0.25, -0.2) is 9.82 Å². The quantitative estimate of drug-likeness (QED) is 0.264. The molecule has 0 fully saturated rings. The molecule has 9 nitrogen and oxygen atoms in total. The molecule has 0 atom stereocenters. The summed E-state index contributed by atoms with van der Waals surface area (Å²) in [4.78, 5) is 34.8. The van der Waals surface area contributed by atoms with Gasteiger partial charge < -0.3 is 10.4 Å². The monoisotopic (exact) mass is 500 g/mol. The van der Waals surface area contributed by atoms with E-state index in [1.165, 1.54) is 30.3 Å². The lowest BCUT2D eigenvalue weighted by molar-refractivity contribution is -0.385. The van der Waals surface area contributed by atoms with Crippen molar-refractivity contribution in [2.24, 2.45) is 5.10 Å². The summed E-state index contributed by atoms with van der Waals surface area (Å²) in [5, 5.41) is 27.3. The molecule has 0 radical (unpaired) electrons. The third kappa shape index (κ3) is 5.52. The first-order valence-electron chi connectivity index (χ1n) is 8.92. The second-order valence-electron chi connectivity index (χ2n) is 6.36. The Balaban J connectivity index is 1.69. The number of hydrogen-bond acceptors (Lipinski definition) is 6. The fourth-order valence-electron chi connectivity index (χ4n) is 2.61. The van der Waals surface area contributed by atoms with Crippen LogP contribution in [-0.2, 0) is 0 Å². The SMILES string of the molecule is O=C(NN=Cc1cc(Br)cc([N+](=O)[O-])c1O)c1cccc(NC(=O)c2ccc(F)cc2)c1. The molecular formula is C21H14BrFN4O5. The normalized spacial score (nSPS) is 10.7. The highest BCUT2D eigenvalue weighted by Gasteiger charge is 2.17. The topological polar surface area (TPSA) is 134 Å². The van der Waals surface area contributed by atoms with Crippen molar-refractivity contribution in [2.45, 2.75) is 0 Å². The van der Waals surface area contributed by atoms with Gasteiger partial charge in [0.25, 0.3) is 11.8 Å². The van der Waals surface area contributed by atoms with Gasteiger partial charge >= 0.3 is 5.69 Å². The highest BCUT2D eigenvalue weighted by Crippen LogP contribution is 2.32. The van der Waals surface area contributed by atoms with Crippen molar-refractivity contribution in [3.63, 3.8) is 0 Å². The van der Waals surface area contributed by atoms with E-state index < -0.39 is 34.0 Å². The van der Waals surface area contributed by atoms with Crippen LogP contribution in [0.5, 0.6) is 5.75 Å². The van der Waals surface area contributed by atoms with Gasteiger partial charge in [-0.2, -0.15) is 5.10 Å². The molecule has 0 aliphatic carbocycles. The lowest BCUT2D eigenvalue weighted by Gasteiger charge is -2.07. The smallest absolute Gasteiger partial charge is 0.312 e. The van der Waals surface area contributed by atoms with E-state index >= 15 is 0 Å². The molecule has 3 rings (SSSR count). The summed E-state index contributed by atoms with van der Waals surface area (Å²) < 4.78 is 13.3. The Labute approximate surface area is 188 Å². The molecule has 0 aliphatic heterocycles. The highest BCUT2D eigenvalue weighted by atomic mass is 79.9. The predicted molar refractivity (Wildman–Crippen MR) is 118 cm³/mol. The van der Waals surface area contributed by atoms with E-state index in [1.54, 1.807) is 12.1 Å². The van der Waals surface area contributed by atoms with Crippen molar-refractivity contribution in [3.05, 3.63) is 97.8 Å². The van der Waals surface area contributed by atoms with Crippen molar-refractivity contribution < 1.29 is 24.0 Å². The van der Waals surface area contributed by atoms with Crippen LogP contribution in [0, 0.1) is 15.9 Å². The van der Waals surface area contributed by atoms with Crippen LogP contribution in [0.25, 0.3) is 0 Å². The number of hydrogen-bond donors (Lipinski definition) is 3. The number of amides is 2. The van der Waals surface area contributed by atoms with Crippen LogP contribution < -0.4 is 10.7 Å².